The van der Waals surface area contributed by atoms with Crippen molar-refractivity contribution in [2.45, 2.75) is 13.8 Å². The molecule has 1 fully saturated rings. The molecular formula is C21H23N7O. The van der Waals surface area contributed by atoms with Crippen molar-refractivity contribution in [2.24, 2.45) is 0 Å². The molecule has 29 heavy (non-hydrogen) atoms. The summed E-state index contributed by atoms with van der Waals surface area (Å²) in [6, 6.07) is 7.78. The van der Waals surface area contributed by atoms with Gasteiger partial charge in [-0.3, -0.25) is 4.79 Å². The summed E-state index contributed by atoms with van der Waals surface area (Å²) in [7, 11) is 0. The lowest BCUT2D eigenvalue weighted by atomic mass is 10.1. The average molecular weight is 389 g/mol. The Kier molecular flexibility index (Phi) is 5.33. The number of hydrogen-bond acceptors (Lipinski definition) is 7. The van der Waals surface area contributed by atoms with Crippen molar-refractivity contribution in [3.63, 3.8) is 0 Å². The Bertz CT molecular complexity index is 984. The predicted molar refractivity (Wildman–Crippen MR) is 112 cm³/mol. The molecule has 1 aliphatic rings. The first-order valence-corrected chi connectivity index (χ1v) is 9.58. The van der Waals surface area contributed by atoms with Crippen LogP contribution in [-0.2, 0) is 0 Å². The van der Waals surface area contributed by atoms with Gasteiger partial charge in [0.05, 0.1) is 5.56 Å². The van der Waals surface area contributed by atoms with Crippen LogP contribution in [0.4, 0.5) is 17.6 Å². The number of hydrogen-bond donors (Lipinski definition) is 1. The Labute approximate surface area is 169 Å². The van der Waals surface area contributed by atoms with Gasteiger partial charge in [0.2, 0.25) is 11.9 Å². The molecule has 3 heterocycles. The van der Waals surface area contributed by atoms with Crippen molar-refractivity contribution in [2.75, 3.05) is 41.3 Å². The van der Waals surface area contributed by atoms with Crippen LogP contribution >= 0.6 is 0 Å². The van der Waals surface area contributed by atoms with E-state index in [1.165, 1.54) is 0 Å². The average Bonchev–Trinajstić information content (AvgIpc) is 2.77. The number of carbonyl (C=O) groups is 1. The molecule has 4 rings (SSSR count). The van der Waals surface area contributed by atoms with E-state index in [-0.39, 0.29) is 5.91 Å². The van der Waals surface area contributed by atoms with E-state index in [1.807, 2.05) is 38.1 Å². The van der Waals surface area contributed by atoms with Gasteiger partial charge in [-0.15, -0.1) is 0 Å². The summed E-state index contributed by atoms with van der Waals surface area (Å²) in [5, 5.41) is 2.94. The predicted octanol–water partition coefficient (Wildman–Crippen LogP) is 2.46. The molecule has 1 amide bonds. The van der Waals surface area contributed by atoms with Crippen molar-refractivity contribution in [3.8, 4) is 0 Å². The molecule has 0 radical (unpaired) electrons. The van der Waals surface area contributed by atoms with Crippen LogP contribution in [0.2, 0.25) is 0 Å². The number of piperazine rings is 1. The highest BCUT2D eigenvalue weighted by molar-refractivity contribution is 6.04. The first kappa shape index (κ1) is 18.8. The van der Waals surface area contributed by atoms with Crippen molar-refractivity contribution in [3.05, 3.63) is 65.7 Å². The highest BCUT2D eigenvalue weighted by Gasteiger charge is 2.21. The van der Waals surface area contributed by atoms with E-state index in [4.69, 9.17) is 0 Å². The molecular weight excluding hydrogens is 366 g/mol. The van der Waals surface area contributed by atoms with Crippen LogP contribution < -0.4 is 15.1 Å². The molecule has 3 aromatic rings. The number of amides is 1. The summed E-state index contributed by atoms with van der Waals surface area (Å²) in [4.78, 5) is 34.2. The second-order valence-corrected chi connectivity index (χ2v) is 7.07. The van der Waals surface area contributed by atoms with Gasteiger partial charge in [-0.25, -0.2) is 19.9 Å². The smallest absolute Gasteiger partial charge is 0.258 e. The zero-order valence-corrected chi connectivity index (χ0v) is 16.5. The summed E-state index contributed by atoms with van der Waals surface area (Å²) in [5.41, 5.74) is 3.35. The van der Waals surface area contributed by atoms with Crippen molar-refractivity contribution >= 4 is 23.5 Å². The Hall–Kier alpha value is -3.55. The second-order valence-electron chi connectivity index (χ2n) is 7.07. The standard InChI is InChI=1S/C21H23N7O/c1-15-4-5-16(2)18(12-15)26-19(29)17-13-24-21(25-14-17)28-10-8-27(9-11-28)20-22-6-3-7-23-20/h3-7,12-14H,8-11H2,1-2H3,(H,26,29). The second kappa shape index (κ2) is 8.22. The molecule has 0 unspecified atom stereocenters. The van der Waals surface area contributed by atoms with E-state index in [2.05, 4.69) is 35.1 Å². The van der Waals surface area contributed by atoms with Gasteiger partial charge in [0.25, 0.3) is 5.91 Å². The van der Waals surface area contributed by atoms with Gasteiger partial charge in [-0.2, -0.15) is 0 Å². The SMILES string of the molecule is Cc1ccc(C)c(NC(=O)c2cnc(N3CCN(c4ncccn4)CC3)nc2)c1. The zero-order valence-electron chi connectivity index (χ0n) is 16.5. The van der Waals surface area contributed by atoms with Crippen LogP contribution in [0, 0.1) is 13.8 Å². The Morgan fingerprint density at radius 3 is 2.10 bits per heavy atom. The maximum Gasteiger partial charge on any atom is 0.258 e. The normalized spacial score (nSPS) is 14.0. The summed E-state index contributed by atoms with van der Waals surface area (Å²) in [6.07, 6.45) is 6.66. The van der Waals surface area contributed by atoms with Crippen molar-refractivity contribution in [1.82, 2.24) is 19.9 Å². The fourth-order valence-electron chi connectivity index (χ4n) is 3.23. The van der Waals surface area contributed by atoms with Crippen LogP contribution in [0.1, 0.15) is 21.5 Å². The molecule has 8 heteroatoms. The van der Waals surface area contributed by atoms with Gasteiger partial charge in [0, 0.05) is 56.7 Å². The van der Waals surface area contributed by atoms with Crippen LogP contribution in [-0.4, -0.2) is 52.0 Å². The quantitative estimate of drug-likeness (QED) is 0.733. The molecule has 1 aliphatic heterocycles. The van der Waals surface area contributed by atoms with Gasteiger partial charge in [-0.05, 0) is 37.1 Å². The summed E-state index contributed by atoms with van der Waals surface area (Å²) < 4.78 is 0. The van der Waals surface area contributed by atoms with E-state index < -0.39 is 0 Å². The van der Waals surface area contributed by atoms with Crippen molar-refractivity contribution in [1.29, 1.82) is 0 Å². The number of nitrogens with one attached hydrogen (secondary N) is 1. The number of aromatic nitrogens is 4. The number of nitrogens with zero attached hydrogens (tertiary/aromatic N) is 6. The van der Waals surface area contributed by atoms with Crippen LogP contribution in [0.5, 0.6) is 0 Å². The highest BCUT2D eigenvalue weighted by Crippen LogP contribution is 2.18. The molecule has 0 saturated carbocycles. The third-order valence-corrected chi connectivity index (χ3v) is 4.94. The number of rotatable bonds is 4. The van der Waals surface area contributed by atoms with Crippen molar-refractivity contribution < 1.29 is 4.79 Å². The van der Waals surface area contributed by atoms with Crippen LogP contribution in [0.25, 0.3) is 0 Å². The van der Waals surface area contributed by atoms with Gasteiger partial charge in [0.15, 0.2) is 0 Å². The summed E-state index contributed by atoms with van der Waals surface area (Å²) >= 11 is 0. The highest BCUT2D eigenvalue weighted by atomic mass is 16.1. The van der Waals surface area contributed by atoms with E-state index in [9.17, 15) is 4.79 Å². The fourth-order valence-corrected chi connectivity index (χ4v) is 3.23. The monoisotopic (exact) mass is 389 g/mol. The van der Waals surface area contributed by atoms with E-state index >= 15 is 0 Å². The number of carbonyl (C=O) groups excluding carboxylic acids is 1. The minimum atomic E-state index is -0.212. The summed E-state index contributed by atoms with van der Waals surface area (Å²) in [5.74, 6) is 1.16. The molecule has 0 atom stereocenters. The number of benzene rings is 1. The van der Waals surface area contributed by atoms with E-state index in [1.54, 1.807) is 24.8 Å². The van der Waals surface area contributed by atoms with Crippen LogP contribution in [0.15, 0.2) is 49.1 Å². The number of aryl methyl sites for hydroxylation is 2. The molecule has 1 saturated heterocycles. The third-order valence-electron chi connectivity index (χ3n) is 4.94. The van der Waals surface area contributed by atoms with Gasteiger partial charge < -0.3 is 15.1 Å². The van der Waals surface area contributed by atoms with Gasteiger partial charge in [-0.1, -0.05) is 12.1 Å². The number of anilines is 3. The Morgan fingerprint density at radius 2 is 1.48 bits per heavy atom. The lowest BCUT2D eigenvalue weighted by molar-refractivity contribution is 0.102. The minimum absolute atomic E-state index is 0.212. The molecule has 0 spiro atoms. The lowest BCUT2D eigenvalue weighted by Gasteiger charge is -2.34. The van der Waals surface area contributed by atoms with E-state index in [0.29, 0.717) is 11.5 Å². The first-order valence-electron chi connectivity index (χ1n) is 9.58. The maximum atomic E-state index is 12.5. The largest absolute Gasteiger partial charge is 0.337 e. The topological polar surface area (TPSA) is 87.1 Å². The molecule has 0 aliphatic carbocycles. The molecule has 0 bridgehead atoms. The lowest BCUT2D eigenvalue weighted by Crippen LogP contribution is -2.47. The molecule has 148 valence electrons. The molecule has 2 aromatic heterocycles. The first-order chi connectivity index (χ1) is 14.1. The minimum Gasteiger partial charge on any atom is -0.337 e. The van der Waals surface area contributed by atoms with E-state index in [0.717, 1.165) is 48.9 Å². The van der Waals surface area contributed by atoms with Gasteiger partial charge >= 0.3 is 0 Å². The third kappa shape index (κ3) is 4.31. The Balaban J connectivity index is 1.38. The molecule has 8 nitrogen and oxygen atoms in total. The van der Waals surface area contributed by atoms with Crippen LogP contribution in [0.3, 0.4) is 0 Å². The maximum absolute atomic E-state index is 12.5. The summed E-state index contributed by atoms with van der Waals surface area (Å²) in [6.45, 7) is 7.09. The molecule has 1 aromatic carbocycles. The Morgan fingerprint density at radius 1 is 0.897 bits per heavy atom. The molecule has 1 N–H and O–H groups in total. The van der Waals surface area contributed by atoms with Gasteiger partial charge in [0.1, 0.15) is 0 Å². The zero-order chi connectivity index (χ0) is 20.2. The fraction of sp³-hybridized carbons (Fsp3) is 0.286.